The van der Waals surface area contributed by atoms with Gasteiger partial charge in [-0.2, -0.15) is 0 Å². The van der Waals surface area contributed by atoms with Crippen LogP contribution in [0.25, 0.3) is 0 Å². The van der Waals surface area contributed by atoms with Crippen molar-refractivity contribution in [1.29, 1.82) is 0 Å². The van der Waals surface area contributed by atoms with E-state index in [-0.39, 0.29) is 0 Å². The van der Waals surface area contributed by atoms with Crippen molar-refractivity contribution < 1.29 is 18.7 Å². The van der Waals surface area contributed by atoms with E-state index in [9.17, 15) is 14.0 Å². The van der Waals surface area contributed by atoms with E-state index in [0.717, 1.165) is 10.4 Å². The largest absolute Gasteiger partial charge is 0.376 e. The maximum absolute atomic E-state index is 13.1. The summed E-state index contributed by atoms with van der Waals surface area (Å²) in [4.78, 5) is 24.6. The van der Waals surface area contributed by atoms with Crippen molar-refractivity contribution in [3.8, 4) is 0 Å². The van der Waals surface area contributed by atoms with Crippen LogP contribution in [0, 0.1) is 5.82 Å². The highest BCUT2D eigenvalue weighted by atomic mass is 32.1. The number of ether oxygens (including phenoxy) is 1. The monoisotopic (exact) mass is 335 g/mol. The smallest absolute Gasteiger partial charge is 0.324 e. The van der Waals surface area contributed by atoms with Crippen molar-refractivity contribution in [1.82, 2.24) is 0 Å². The summed E-state index contributed by atoms with van der Waals surface area (Å²) in [6.07, 6.45) is 0.581. The molecule has 4 N–H and O–H groups in total. The van der Waals surface area contributed by atoms with E-state index in [1.54, 1.807) is 6.07 Å². The molecule has 2 heterocycles. The summed E-state index contributed by atoms with van der Waals surface area (Å²) in [5.74, 6) is -1.05. The third-order valence-corrected chi connectivity index (χ3v) is 4.50. The fourth-order valence-corrected chi connectivity index (χ4v) is 3.60. The first-order valence-corrected chi connectivity index (χ1v) is 7.72. The molecule has 1 aromatic carbocycles. The summed E-state index contributed by atoms with van der Waals surface area (Å²) in [6, 6.07) is 4.95. The average Bonchev–Trinajstić information content (AvgIpc) is 2.84. The Bertz CT molecular complexity index is 775. The number of primary amides is 1. The van der Waals surface area contributed by atoms with Crippen molar-refractivity contribution >= 4 is 34.0 Å². The Balaban J connectivity index is 1.81. The van der Waals surface area contributed by atoms with Crippen LogP contribution >= 0.6 is 11.3 Å². The van der Waals surface area contributed by atoms with Crippen molar-refractivity contribution in [2.24, 2.45) is 5.73 Å². The van der Waals surface area contributed by atoms with Gasteiger partial charge in [0, 0.05) is 10.6 Å². The molecular weight excluding hydrogens is 321 g/mol. The first-order valence-electron chi connectivity index (χ1n) is 6.90. The van der Waals surface area contributed by atoms with Gasteiger partial charge in [0.05, 0.1) is 18.8 Å². The van der Waals surface area contributed by atoms with Gasteiger partial charge >= 0.3 is 6.03 Å². The first kappa shape index (κ1) is 15.4. The van der Waals surface area contributed by atoms with Gasteiger partial charge in [0.25, 0.3) is 5.91 Å². The molecular formula is C15H14FN3O3S. The predicted molar refractivity (Wildman–Crippen MR) is 85.2 cm³/mol. The molecule has 0 fully saturated rings. The Kier molecular flexibility index (Phi) is 4.26. The molecule has 0 saturated heterocycles. The molecule has 0 spiro atoms. The Morgan fingerprint density at radius 3 is 2.87 bits per heavy atom. The second-order valence-corrected chi connectivity index (χ2v) is 6.07. The Labute approximate surface area is 135 Å². The highest BCUT2D eigenvalue weighted by Crippen LogP contribution is 2.36. The van der Waals surface area contributed by atoms with Crippen LogP contribution < -0.4 is 16.4 Å². The zero-order valence-corrected chi connectivity index (χ0v) is 12.8. The lowest BCUT2D eigenvalue weighted by molar-refractivity contribution is 0.0991. The number of carbonyl (C=O) groups is 2. The van der Waals surface area contributed by atoms with Gasteiger partial charge in [0.1, 0.15) is 10.8 Å². The van der Waals surface area contributed by atoms with Gasteiger partial charge in [0.15, 0.2) is 0 Å². The molecule has 1 aliphatic heterocycles. The summed E-state index contributed by atoms with van der Waals surface area (Å²) < 4.78 is 18.5. The zero-order valence-electron chi connectivity index (χ0n) is 12.0. The Morgan fingerprint density at radius 1 is 1.30 bits per heavy atom. The normalized spacial score (nSPS) is 13.3. The average molecular weight is 335 g/mol. The number of halogens is 1. The van der Waals surface area contributed by atoms with E-state index in [1.807, 2.05) is 0 Å². The summed E-state index contributed by atoms with van der Waals surface area (Å²) >= 11 is 1.26. The minimum Gasteiger partial charge on any atom is -0.376 e. The second kappa shape index (κ2) is 6.35. The minimum absolute atomic E-state index is 0.313. The van der Waals surface area contributed by atoms with Gasteiger partial charge in [-0.15, -0.1) is 11.3 Å². The summed E-state index contributed by atoms with van der Waals surface area (Å²) in [5, 5.41) is 5.49. The van der Waals surface area contributed by atoms with Crippen molar-refractivity contribution in [3.05, 3.63) is 46.1 Å². The summed E-state index contributed by atoms with van der Waals surface area (Å²) in [7, 11) is 0. The fourth-order valence-electron chi connectivity index (χ4n) is 2.41. The highest BCUT2D eigenvalue weighted by molar-refractivity contribution is 7.17. The highest BCUT2D eigenvalue weighted by Gasteiger charge is 2.25. The lowest BCUT2D eigenvalue weighted by Gasteiger charge is -2.12. The molecule has 8 heteroatoms. The number of hydrogen-bond acceptors (Lipinski definition) is 4. The molecule has 0 atom stereocenters. The number of carbonyl (C=O) groups excluding carboxylic acids is 2. The van der Waals surface area contributed by atoms with E-state index in [2.05, 4.69) is 10.6 Å². The van der Waals surface area contributed by atoms with Crippen molar-refractivity contribution in [3.63, 3.8) is 0 Å². The number of urea groups is 1. The number of benzene rings is 1. The third kappa shape index (κ3) is 3.33. The summed E-state index contributed by atoms with van der Waals surface area (Å²) in [6.45, 7) is 0.909. The van der Waals surface area contributed by atoms with Crippen LogP contribution in [0.4, 0.5) is 19.9 Å². The number of rotatable bonds is 3. The van der Waals surface area contributed by atoms with Crippen LogP contribution in [-0.4, -0.2) is 18.5 Å². The summed E-state index contributed by atoms with van der Waals surface area (Å²) in [5.41, 5.74) is 6.90. The van der Waals surface area contributed by atoms with Crippen LogP contribution in [-0.2, 0) is 17.8 Å². The third-order valence-electron chi connectivity index (χ3n) is 3.38. The van der Waals surface area contributed by atoms with Crippen LogP contribution in [0.5, 0.6) is 0 Å². The molecule has 6 nitrogen and oxygen atoms in total. The molecule has 23 heavy (non-hydrogen) atoms. The first-order chi connectivity index (χ1) is 11.0. The Hall–Kier alpha value is -2.45. The van der Waals surface area contributed by atoms with E-state index < -0.39 is 17.8 Å². The van der Waals surface area contributed by atoms with E-state index in [1.165, 1.54) is 29.5 Å². The number of nitrogens with two attached hydrogens (primary N) is 1. The Morgan fingerprint density at radius 2 is 2.13 bits per heavy atom. The zero-order chi connectivity index (χ0) is 16.4. The van der Waals surface area contributed by atoms with Crippen molar-refractivity contribution in [2.45, 2.75) is 13.0 Å². The van der Waals surface area contributed by atoms with Gasteiger partial charge < -0.3 is 15.8 Å². The number of anilines is 2. The number of hydrogen-bond donors (Lipinski definition) is 3. The molecule has 1 aromatic heterocycles. The van der Waals surface area contributed by atoms with Gasteiger partial charge in [-0.1, -0.05) is 6.07 Å². The van der Waals surface area contributed by atoms with E-state index in [0.29, 0.717) is 35.9 Å². The molecule has 0 aliphatic carbocycles. The lowest BCUT2D eigenvalue weighted by Crippen LogP contribution is -2.22. The molecule has 2 aromatic rings. The number of amides is 3. The SMILES string of the molecule is NC(=O)c1c(NC(=O)Nc2cccc(F)c2)sc2c1CCOC2. The second-order valence-electron chi connectivity index (χ2n) is 4.96. The number of nitrogens with one attached hydrogen (secondary N) is 2. The molecule has 120 valence electrons. The quantitative estimate of drug-likeness (QED) is 0.805. The van der Waals surface area contributed by atoms with Gasteiger partial charge in [-0.05, 0) is 30.2 Å². The van der Waals surface area contributed by atoms with Gasteiger partial charge in [0.2, 0.25) is 0 Å². The predicted octanol–water partition coefficient (Wildman–Crippen LogP) is 2.70. The molecule has 0 unspecified atom stereocenters. The van der Waals surface area contributed by atoms with Gasteiger partial charge in [-0.3, -0.25) is 10.1 Å². The fraction of sp³-hybridized carbons (Fsp3) is 0.200. The molecule has 1 aliphatic rings. The van der Waals surface area contributed by atoms with Gasteiger partial charge in [-0.25, -0.2) is 9.18 Å². The van der Waals surface area contributed by atoms with Crippen LogP contribution in [0.1, 0.15) is 20.8 Å². The standard InChI is InChI=1S/C15H14FN3O3S/c16-8-2-1-3-9(6-8)18-15(21)19-14-12(13(17)20)10-4-5-22-7-11(10)23-14/h1-3,6H,4-5,7H2,(H2,17,20)(H2,18,19,21). The molecule has 0 bridgehead atoms. The van der Waals surface area contributed by atoms with Crippen molar-refractivity contribution in [2.75, 3.05) is 17.2 Å². The molecule has 3 amide bonds. The minimum atomic E-state index is -0.592. The van der Waals surface area contributed by atoms with Crippen LogP contribution in [0.15, 0.2) is 24.3 Å². The maximum atomic E-state index is 13.1. The van der Waals surface area contributed by atoms with Crippen LogP contribution in [0.3, 0.4) is 0 Å². The maximum Gasteiger partial charge on any atom is 0.324 e. The van der Waals surface area contributed by atoms with Crippen LogP contribution in [0.2, 0.25) is 0 Å². The topological polar surface area (TPSA) is 93.5 Å². The number of fused-ring (bicyclic) bond motifs is 1. The van der Waals surface area contributed by atoms with E-state index in [4.69, 9.17) is 10.5 Å². The van der Waals surface area contributed by atoms with E-state index >= 15 is 0 Å². The number of thiophene rings is 1. The molecule has 3 rings (SSSR count). The lowest BCUT2D eigenvalue weighted by atomic mass is 10.1. The molecule has 0 radical (unpaired) electrons. The molecule has 0 saturated carbocycles.